The van der Waals surface area contributed by atoms with E-state index in [2.05, 4.69) is 21.5 Å². The van der Waals surface area contributed by atoms with Crippen molar-refractivity contribution < 1.29 is 9.53 Å². The third-order valence-electron chi connectivity index (χ3n) is 4.53. The maximum Gasteiger partial charge on any atom is 0.251 e. The van der Waals surface area contributed by atoms with E-state index in [1.165, 1.54) is 6.20 Å². The van der Waals surface area contributed by atoms with E-state index in [9.17, 15) is 4.79 Å². The van der Waals surface area contributed by atoms with Crippen molar-refractivity contribution in [1.82, 2.24) is 19.9 Å². The molecule has 26 heavy (non-hydrogen) atoms. The third kappa shape index (κ3) is 3.15. The van der Waals surface area contributed by atoms with Crippen LogP contribution < -0.4 is 5.32 Å². The standard InChI is InChI=1S/C19H17N5O2/c20-7-16-10-23-24-11-17(9-21-18(16)24)14-1-3-15(4-2-14)19(25)22-8-13-5-6-26-12-13/h1-4,9-11,13H,5-6,8,12H2,(H,22,25). The van der Waals surface area contributed by atoms with E-state index in [0.29, 0.717) is 29.2 Å². The first-order valence-corrected chi connectivity index (χ1v) is 8.44. The summed E-state index contributed by atoms with van der Waals surface area (Å²) in [7, 11) is 0. The first kappa shape index (κ1) is 16.2. The quantitative estimate of drug-likeness (QED) is 0.780. The fourth-order valence-electron chi connectivity index (χ4n) is 3.00. The predicted octanol–water partition coefficient (Wildman–Crippen LogP) is 2.03. The number of hydrogen-bond donors (Lipinski definition) is 1. The molecule has 1 aromatic carbocycles. The van der Waals surface area contributed by atoms with Crippen LogP contribution in [0, 0.1) is 17.2 Å². The summed E-state index contributed by atoms with van der Waals surface area (Å²) in [5.41, 5.74) is 3.38. The number of amides is 1. The second-order valence-electron chi connectivity index (χ2n) is 6.30. The molecule has 7 heteroatoms. The number of ether oxygens (including phenoxy) is 1. The number of nitriles is 1. The predicted molar refractivity (Wildman–Crippen MR) is 94.4 cm³/mol. The first-order valence-electron chi connectivity index (χ1n) is 8.44. The maximum atomic E-state index is 12.3. The Morgan fingerprint density at radius 2 is 2.15 bits per heavy atom. The van der Waals surface area contributed by atoms with Crippen LogP contribution in [-0.2, 0) is 4.74 Å². The Bertz CT molecular complexity index is 981. The Morgan fingerprint density at radius 3 is 2.88 bits per heavy atom. The van der Waals surface area contributed by atoms with E-state index in [4.69, 9.17) is 10.00 Å². The van der Waals surface area contributed by atoms with Gasteiger partial charge in [0.1, 0.15) is 11.6 Å². The van der Waals surface area contributed by atoms with E-state index in [0.717, 1.165) is 30.8 Å². The molecule has 0 bridgehead atoms. The van der Waals surface area contributed by atoms with Crippen molar-refractivity contribution in [3.05, 3.63) is 54.0 Å². The Hall–Kier alpha value is -3.24. The summed E-state index contributed by atoms with van der Waals surface area (Å²) in [6.07, 6.45) is 6.01. The SMILES string of the molecule is N#Cc1cnn2cc(-c3ccc(C(=O)NCC4CCOC4)cc3)cnc12. The Morgan fingerprint density at radius 1 is 1.31 bits per heavy atom. The minimum Gasteiger partial charge on any atom is -0.381 e. The van der Waals surface area contributed by atoms with Gasteiger partial charge in [-0.1, -0.05) is 12.1 Å². The van der Waals surface area contributed by atoms with Crippen molar-refractivity contribution in [2.24, 2.45) is 5.92 Å². The second-order valence-corrected chi connectivity index (χ2v) is 6.30. The van der Waals surface area contributed by atoms with E-state index in [-0.39, 0.29) is 5.91 Å². The zero-order chi connectivity index (χ0) is 17.9. The van der Waals surface area contributed by atoms with Crippen LogP contribution in [0.2, 0.25) is 0 Å². The molecule has 1 aliphatic rings. The zero-order valence-corrected chi connectivity index (χ0v) is 14.1. The lowest BCUT2D eigenvalue weighted by atomic mass is 10.1. The summed E-state index contributed by atoms with van der Waals surface area (Å²) in [5, 5.41) is 16.1. The van der Waals surface area contributed by atoms with Crippen LogP contribution in [0.25, 0.3) is 16.8 Å². The molecular formula is C19H17N5O2. The van der Waals surface area contributed by atoms with Crippen molar-refractivity contribution >= 4 is 11.6 Å². The van der Waals surface area contributed by atoms with E-state index in [1.807, 2.05) is 18.3 Å². The number of carbonyl (C=O) groups excluding carboxylic acids is 1. The Labute approximate surface area is 150 Å². The molecule has 3 heterocycles. The molecule has 1 N–H and O–H groups in total. The lowest BCUT2D eigenvalue weighted by Crippen LogP contribution is -2.29. The lowest BCUT2D eigenvalue weighted by Gasteiger charge is -2.10. The molecule has 1 fully saturated rings. The summed E-state index contributed by atoms with van der Waals surface area (Å²) in [6.45, 7) is 2.14. The summed E-state index contributed by atoms with van der Waals surface area (Å²) in [6, 6.07) is 9.41. The molecule has 7 nitrogen and oxygen atoms in total. The van der Waals surface area contributed by atoms with Gasteiger partial charge >= 0.3 is 0 Å². The summed E-state index contributed by atoms with van der Waals surface area (Å²) in [5.74, 6) is 0.325. The van der Waals surface area contributed by atoms with Gasteiger partial charge in [-0.05, 0) is 24.1 Å². The van der Waals surface area contributed by atoms with E-state index < -0.39 is 0 Å². The summed E-state index contributed by atoms with van der Waals surface area (Å²) < 4.78 is 6.90. The molecule has 0 radical (unpaired) electrons. The van der Waals surface area contributed by atoms with Gasteiger partial charge in [0.25, 0.3) is 5.91 Å². The normalized spacial score (nSPS) is 16.5. The molecule has 2 aromatic heterocycles. The van der Waals surface area contributed by atoms with Crippen molar-refractivity contribution in [3.8, 4) is 17.2 Å². The number of benzene rings is 1. The molecule has 0 saturated carbocycles. The molecule has 3 aromatic rings. The van der Waals surface area contributed by atoms with Gasteiger partial charge in [-0.15, -0.1) is 0 Å². The van der Waals surface area contributed by atoms with Crippen molar-refractivity contribution in [2.75, 3.05) is 19.8 Å². The number of hydrogen-bond acceptors (Lipinski definition) is 5. The second kappa shape index (κ2) is 6.94. The molecule has 130 valence electrons. The van der Waals surface area contributed by atoms with E-state index in [1.54, 1.807) is 22.8 Å². The van der Waals surface area contributed by atoms with Crippen LogP contribution in [0.15, 0.2) is 42.9 Å². The van der Waals surface area contributed by atoms with Gasteiger partial charge in [-0.25, -0.2) is 9.50 Å². The molecule has 1 saturated heterocycles. The van der Waals surface area contributed by atoms with Crippen LogP contribution >= 0.6 is 0 Å². The van der Waals surface area contributed by atoms with Crippen LogP contribution in [-0.4, -0.2) is 40.3 Å². The van der Waals surface area contributed by atoms with Gasteiger partial charge in [-0.3, -0.25) is 4.79 Å². The van der Waals surface area contributed by atoms with Crippen LogP contribution in [0.3, 0.4) is 0 Å². The number of fused-ring (bicyclic) bond motifs is 1. The Balaban J connectivity index is 1.48. The summed E-state index contributed by atoms with van der Waals surface area (Å²) >= 11 is 0. The van der Waals surface area contributed by atoms with Gasteiger partial charge in [0.15, 0.2) is 5.65 Å². The van der Waals surface area contributed by atoms with Crippen LogP contribution in [0.5, 0.6) is 0 Å². The van der Waals surface area contributed by atoms with Gasteiger partial charge in [0.05, 0.1) is 12.8 Å². The summed E-state index contributed by atoms with van der Waals surface area (Å²) in [4.78, 5) is 16.6. The largest absolute Gasteiger partial charge is 0.381 e. The molecule has 1 amide bonds. The minimum absolute atomic E-state index is 0.0808. The highest BCUT2D eigenvalue weighted by atomic mass is 16.5. The minimum atomic E-state index is -0.0808. The molecule has 0 spiro atoms. The molecule has 1 aliphatic heterocycles. The Kier molecular flexibility index (Phi) is 4.33. The molecule has 4 rings (SSSR count). The fraction of sp³-hybridized carbons (Fsp3) is 0.263. The van der Waals surface area contributed by atoms with Crippen molar-refractivity contribution in [3.63, 3.8) is 0 Å². The number of aromatic nitrogens is 3. The highest BCUT2D eigenvalue weighted by Gasteiger charge is 2.16. The smallest absolute Gasteiger partial charge is 0.251 e. The molecule has 1 unspecified atom stereocenters. The lowest BCUT2D eigenvalue weighted by molar-refractivity contribution is 0.0945. The number of rotatable bonds is 4. The monoisotopic (exact) mass is 347 g/mol. The van der Waals surface area contributed by atoms with Crippen molar-refractivity contribution in [2.45, 2.75) is 6.42 Å². The van der Waals surface area contributed by atoms with Gasteiger partial charge in [0, 0.05) is 42.6 Å². The number of carbonyl (C=O) groups is 1. The number of nitrogens with zero attached hydrogens (tertiary/aromatic N) is 4. The third-order valence-corrected chi connectivity index (χ3v) is 4.53. The van der Waals surface area contributed by atoms with Crippen molar-refractivity contribution in [1.29, 1.82) is 5.26 Å². The highest BCUT2D eigenvalue weighted by Crippen LogP contribution is 2.20. The number of nitrogens with one attached hydrogen (secondary N) is 1. The molecular weight excluding hydrogens is 330 g/mol. The zero-order valence-electron chi connectivity index (χ0n) is 14.1. The molecule has 0 aliphatic carbocycles. The van der Waals surface area contributed by atoms with Crippen LogP contribution in [0.1, 0.15) is 22.3 Å². The topological polar surface area (TPSA) is 92.3 Å². The maximum absolute atomic E-state index is 12.3. The van der Waals surface area contributed by atoms with Gasteiger partial charge < -0.3 is 10.1 Å². The fourth-order valence-corrected chi connectivity index (χ4v) is 3.00. The average molecular weight is 347 g/mol. The van der Waals surface area contributed by atoms with E-state index >= 15 is 0 Å². The van der Waals surface area contributed by atoms with Gasteiger partial charge in [-0.2, -0.15) is 10.4 Å². The average Bonchev–Trinajstić information content (AvgIpc) is 3.35. The van der Waals surface area contributed by atoms with Gasteiger partial charge in [0.2, 0.25) is 0 Å². The molecule has 1 atom stereocenters. The highest BCUT2D eigenvalue weighted by molar-refractivity contribution is 5.94. The van der Waals surface area contributed by atoms with Crippen LogP contribution in [0.4, 0.5) is 0 Å². The first-order chi connectivity index (χ1) is 12.7.